The molecule has 2 rings (SSSR count). The molecule has 0 spiro atoms. The highest BCUT2D eigenvalue weighted by Gasteiger charge is 2.30. The maximum Gasteiger partial charge on any atom is 0.00795 e. The predicted molar refractivity (Wildman–Crippen MR) is 64.7 cm³/mol. The third-order valence-corrected chi connectivity index (χ3v) is 4.46. The molecule has 2 nitrogen and oxygen atoms in total. The summed E-state index contributed by atoms with van der Waals surface area (Å²) >= 11 is 0. The highest BCUT2D eigenvalue weighted by Crippen LogP contribution is 2.30. The van der Waals surface area contributed by atoms with Crippen molar-refractivity contribution in [2.24, 2.45) is 17.6 Å². The second-order valence-corrected chi connectivity index (χ2v) is 5.83. The van der Waals surface area contributed by atoms with Gasteiger partial charge in [-0.3, -0.25) is 0 Å². The molecule has 2 aliphatic rings. The molecular formula is C13H26N2. The van der Waals surface area contributed by atoms with E-state index >= 15 is 0 Å². The van der Waals surface area contributed by atoms with Crippen molar-refractivity contribution >= 4 is 0 Å². The summed E-state index contributed by atoms with van der Waals surface area (Å²) in [7, 11) is 0. The standard InChI is InChI=1S/C13H26N2/c1-10-5-6-13(14)12(8-10)9-15-7-3-4-11(15)2/h10-13H,3-9,14H2,1-2H3. The Morgan fingerprint density at radius 2 is 2.00 bits per heavy atom. The van der Waals surface area contributed by atoms with E-state index in [9.17, 15) is 0 Å². The van der Waals surface area contributed by atoms with Crippen LogP contribution in [0.1, 0.15) is 46.0 Å². The molecule has 0 amide bonds. The monoisotopic (exact) mass is 210 g/mol. The molecule has 1 saturated heterocycles. The number of hydrogen-bond donors (Lipinski definition) is 1. The van der Waals surface area contributed by atoms with Gasteiger partial charge in [0, 0.05) is 18.6 Å². The Kier molecular flexibility index (Phi) is 3.68. The van der Waals surface area contributed by atoms with Gasteiger partial charge in [0.25, 0.3) is 0 Å². The molecule has 0 bridgehead atoms. The SMILES string of the molecule is CC1CCC(N)C(CN2CCCC2C)C1. The average Bonchev–Trinajstić information content (AvgIpc) is 2.58. The molecule has 0 aromatic rings. The molecule has 1 aliphatic heterocycles. The first-order valence-corrected chi connectivity index (χ1v) is 6.66. The van der Waals surface area contributed by atoms with Crippen LogP contribution in [0.2, 0.25) is 0 Å². The minimum absolute atomic E-state index is 0.467. The van der Waals surface area contributed by atoms with Crippen molar-refractivity contribution in [3.8, 4) is 0 Å². The van der Waals surface area contributed by atoms with E-state index in [0.29, 0.717) is 6.04 Å². The largest absolute Gasteiger partial charge is 0.327 e. The summed E-state index contributed by atoms with van der Waals surface area (Å²) in [6.45, 7) is 7.31. The van der Waals surface area contributed by atoms with Crippen molar-refractivity contribution in [2.75, 3.05) is 13.1 Å². The van der Waals surface area contributed by atoms with Crippen LogP contribution in [0, 0.1) is 11.8 Å². The number of rotatable bonds is 2. The number of likely N-dealkylation sites (tertiary alicyclic amines) is 1. The van der Waals surface area contributed by atoms with E-state index in [2.05, 4.69) is 18.7 Å². The van der Waals surface area contributed by atoms with Crippen LogP contribution in [0.25, 0.3) is 0 Å². The minimum atomic E-state index is 0.467. The van der Waals surface area contributed by atoms with Gasteiger partial charge in [-0.25, -0.2) is 0 Å². The van der Waals surface area contributed by atoms with Crippen LogP contribution >= 0.6 is 0 Å². The normalized spacial score (nSPS) is 43.4. The van der Waals surface area contributed by atoms with Crippen LogP contribution in [-0.2, 0) is 0 Å². The van der Waals surface area contributed by atoms with Gasteiger partial charge < -0.3 is 10.6 Å². The fourth-order valence-electron chi connectivity index (χ4n) is 3.30. The Bertz CT molecular complexity index is 205. The van der Waals surface area contributed by atoms with Crippen LogP contribution in [0.4, 0.5) is 0 Å². The van der Waals surface area contributed by atoms with Gasteiger partial charge in [-0.1, -0.05) is 6.92 Å². The molecule has 2 N–H and O–H groups in total. The van der Waals surface area contributed by atoms with Crippen LogP contribution in [-0.4, -0.2) is 30.1 Å². The summed E-state index contributed by atoms with van der Waals surface area (Å²) in [6, 6.07) is 1.27. The maximum atomic E-state index is 6.24. The van der Waals surface area contributed by atoms with Gasteiger partial charge in [0.2, 0.25) is 0 Å². The molecule has 0 aromatic carbocycles. The van der Waals surface area contributed by atoms with Gasteiger partial charge in [-0.2, -0.15) is 0 Å². The van der Waals surface area contributed by atoms with Gasteiger partial charge in [-0.05, 0) is 57.4 Å². The lowest BCUT2D eigenvalue weighted by molar-refractivity contribution is 0.157. The second kappa shape index (κ2) is 4.84. The summed E-state index contributed by atoms with van der Waals surface area (Å²) in [5.74, 6) is 1.65. The summed E-state index contributed by atoms with van der Waals surface area (Å²) in [5, 5.41) is 0. The lowest BCUT2D eigenvalue weighted by Crippen LogP contribution is -2.43. The van der Waals surface area contributed by atoms with E-state index in [1.165, 1.54) is 45.2 Å². The molecule has 2 fully saturated rings. The zero-order chi connectivity index (χ0) is 10.8. The van der Waals surface area contributed by atoms with Crippen molar-refractivity contribution < 1.29 is 0 Å². The predicted octanol–water partition coefficient (Wildman–Crippen LogP) is 2.23. The molecule has 1 heterocycles. The van der Waals surface area contributed by atoms with Gasteiger partial charge in [-0.15, -0.1) is 0 Å². The van der Waals surface area contributed by atoms with Crippen LogP contribution in [0.5, 0.6) is 0 Å². The molecule has 4 atom stereocenters. The van der Waals surface area contributed by atoms with E-state index in [4.69, 9.17) is 5.73 Å². The summed E-state index contributed by atoms with van der Waals surface area (Å²) in [4.78, 5) is 2.66. The van der Waals surface area contributed by atoms with E-state index in [0.717, 1.165) is 17.9 Å². The second-order valence-electron chi connectivity index (χ2n) is 5.83. The minimum Gasteiger partial charge on any atom is -0.327 e. The first kappa shape index (κ1) is 11.4. The van der Waals surface area contributed by atoms with Crippen LogP contribution in [0.15, 0.2) is 0 Å². The van der Waals surface area contributed by atoms with E-state index in [-0.39, 0.29) is 0 Å². The molecule has 15 heavy (non-hydrogen) atoms. The maximum absolute atomic E-state index is 6.24. The van der Waals surface area contributed by atoms with Gasteiger partial charge >= 0.3 is 0 Å². The topological polar surface area (TPSA) is 29.3 Å². The zero-order valence-corrected chi connectivity index (χ0v) is 10.3. The molecular weight excluding hydrogens is 184 g/mol. The van der Waals surface area contributed by atoms with E-state index in [1.807, 2.05) is 0 Å². The zero-order valence-electron chi connectivity index (χ0n) is 10.3. The van der Waals surface area contributed by atoms with Gasteiger partial charge in [0.05, 0.1) is 0 Å². The highest BCUT2D eigenvalue weighted by molar-refractivity contribution is 4.86. The van der Waals surface area contributed by atoms with Crippen molar-refractivity contribution in [1.82, 2.24) is 4.90 Å². The summed E-state index contributed by atoms with van der Waals surface area (Å²) < 4.78 is 0. The molecule has 0 aromatic heterocycles. The Morgan fingerprint density at radius 3 is 2.67 bits per heavy atom. The summed E-state index contributed by atoms with van der Waals surface area (Å²) in [6.07, 6.45) is 6.71. The smallest absolute Gasteiger partial charge is 0.00795 e. The van der Waals surface area contributed by atoms with Crippen LogP contribution < -0.4 is 5.73 Å². The quantitative estimate of drug-likeness (QED) is 0.757. The fourth-order valence-corrected chi connectivity index (χ4v) is 3.30. The van der Waals surface area contributed by atoms with Gasteiger partial charge in [0.1, 0.15) is 0 Å². The van der Waals surface area contributed by atoms with E-state index in [1.54, 1.807) is 0 Å². The Labute approximate surface area is 94.2 Å². The molecule has 88 valence electrons. The molecule has 4 unspecified atom stereocenters. The Morgan fingerprint density at radius 1 is 1.20 bits per heavy atom. The number of nitrogens with zero attached hydrogens (tertiary/aromatic N) is 1. The number of nitrogens with two attached hydrogens (primary N) is 1. The van der Waals surface area contributed by atoms with Crippen molar-refractivity contribution in [2.45, 2.75) is 58.0 Å². The first-order valence-electron chi connectivity index (χ1n) is 6.66. The van der Waals surface area contributed by atoms with Crippen molar-refractivity contribution in [1.29, 1.82) is 0 Å². The highest BCUT2D eigenvalue weighted by atomic mass is 15.2. The lowest BCUT2D eigenvalue weighted by atomic mass is 9.79. The van der Waals surface area contributed by atoms with Crippen molar-refractivity contribution in [3.05, 3.63) is 0 Å². The Balaban J connectivity index is 1.86. The van der Waals surface area contributed by atoms with Crippen molar-refractivity contribution in [3.63, 3.8) is 0 Å². The molecule has 2 heteroatoms. The fraction of sp³-hybridized carbons (Fsp3) is 1.00. The molecule has 1 aliphatic carbocycles. The Hall–Kier alpha value is -0.0800. The number of hydrogen-bond acceptors (Lipinski definition) is 2. The summed E-state index contributed by atoms with van der Waals surface area (Å²) in [5.41, 5.74) is 6.24. The third-order valence-electron chi connectivity index (χ3n) is 4.46. The van der Waals surface area contributed by atoms with Crippen LogP contribution in [0.3, 0.4) is 0 Å². The molecule has 0 radical (unpaired) electrons. The third kappa shape index (κ3) is 2.73. The van der Waals surface area contributed by atoms with E-state index < -0.39 is 0 Å². The average molecular weight is 210 g/mol. The first-order chi connectivity index (χ1) is 7.16. The lowest BCUT2D eigenvalue weighted by Gasteiger charge is -2.36. The molecule has 1 saturated carbocycles. The van der Waals surface area contributed by atoms with Gasteiger partial charge in [0.15, 0.2) is 0 Å².